The molecule has 0 N–H and O–H groups in total. The number of hydrogen-bond donors (Lipinski definition) is 0. The normalized spacial score (nSPS) is 16.3. The Balaban J connectivity index is 0.00000261. The molecule has 2 aromatic rings. The Morgan fingerprint density at radius 2 is 1.63 bits per heavy atom. The van der Waals surface area contributed by atoms with Crippen LogP contribution < -0.4 is 0 Å². The number of piperazine rings is 1. The van der Waals surface area contributed by atoms with Gasteiger partial charge in [-0.25, -0.2) is 12.8 Å². The quantitative estimate of drug-likeness (QED) is 0.748. The van der Waals surface area contributed by atoms with Gasteiger partial charge in [-0.1, -0.05) is 38.1 Å². The molecule has 0 amide bonds. The van der Waals surface area contributed by atoms with Crippen molar-refractivity contribution in [1.82, 2.24) is 9.21 Å². The average molecular weight is 413 g/mol. The van der Waals surface area contributed by atoms with Crippen LogP contribution in [0.5, 0.6) is 0 Å². The third-order valence-electron chi connectivity index (χ3n) is 4.81. The zero-order valence-electron chi connectivity index (χ0n) is 15.6. The summed E-state index contributed by atoms with van der Waals surface area (Å²) in [5.41, 5.74) is 2.04. The van der Waals surface area contributed by atoms with E-state index in [9.17, 15) is 12.8 Å². The molecule has 148 valence electrons. The maximum absolute atomic E-state index is 13.3. The van der Waals surface area contributed by atoms with E-state index >= 15 is 0 Å². The van der Waals surface area contributed by atoms with Crippen molar-refractivity contribution in [3.8, 4) is 0 Å². The lowest BCUT2D eigenvalue weighted by molar-refractivity contribution is 0.181. The Morgan fingerprint density at radius 1 is 1.00 bits per heavy atom. The van der Waals surface area contributed by atoms with Gasteiger partial charge in [-0.3, -0.25) is 4.90 Å². The third kappa shape index (κ3) is 5.29. The first-order valence-electron chi connectivity index (χ1n) is 8.93. The van der Waals surface area contributed by atoms with Crippen LogP contribution >= 0.6 is 12.4 Å². The van der Waals surface area contributed by atoms with Gasteiger partial charge in [0.15, 0.2) is 0 Å². The molecule has 0 unspecified atom stereocenters. The maximum atomic E-state index is 13.3. The van der Waals surface area contributed by atoms with E-state index < -0.39 is 10.0 Å². The van der Waals surface area contributed by atoms with Crippen LogP contribution in [0.25, 0.3) is 0 Å². The van der Waals surface area contributed by atoms with Crippen LogP contribution in [0.4, 0.5) is 4.39 Å². The molecule has 2 aromatic carbocycles. The van der Waals surface area contributed by atoms with E-state index in [0.29, 0.717) is 43.5 Å². The Labute approximate surface area is 167 Å². The molecule has 27 heavy (non-hydrogen) atoms. The Morgan fingerprint density at radius 3 is 2.19 bits per heavy atom. The van der Waals surface area contributed by atoms with Gasteiger partial charge < -0.3 is 0 Å². The van der Waals surface area contributed by atoms with Crippen LogP contribution in [0.3, 0.4) is 0 Å². The molecule has 7 heteroatoms. The molecule has 0 bridgehead atoms. The molecule has 1 fully saturated rings. The molecule has 0 radical (unpaired) electrons. The number of halogens is 2. The van der Waals surface area contributed by atoms with Crippen LogP contribution in [-0.2, 0) is 16.6 Å². The molecule has 0 spiro atoms. The third-order valence-corrected chi connectivity index (χ3v) is 6.72. The van der Waals surface area contributed by atoms with Crippen molar-refractivity contribution in [2.45, 2.75) is 31.2 Å². The summed E-state index contributed by atoms with van der Waals surface area (Å²) in [6, 6.07) is 13.7. The van der Waals surface area contributed by atoms with Crippen molar-refractivity contribution >= 4 is 22.4 Å². The van der Waals surface area contributed by atoms with Gasteiger partial charge in [0.2, 0.25) is 10.0 Å². The van der Waals surface area contributed by atoms with E-state index in [1.54, 1.807) is 22.5 Å². The smallest absolute Gasteiger partial charge is 0.243 e. The molecule has 0 atom stereocenters. The molecule has 1 aliphatic heterocycles. The van der Waals surface area contributed by atoms with Crippen LogP contribution in [0, 0.1) is 5.82 Å². The molecular weight excluding hydrogens is 387 g/mol. The summed E-state index contributed by atoms with van der Waals surface area (Å²) in [5.74, 6) is 0.131. The topological polar surface area (TPSA) is 40.6 Å². The fourth-order valence-corrected chi connectivity index (χ4v) is 4.62. The van der Waals surface area contributed by atoms with Gasteiger partial charge in [0.25, 0.3) is 0 Å². The second kappa shape index (κ2) is 9.15. The van der Waals surface area contributed by atoms with E-state index in [-0.39, 0.29) is 18.2 Å². The predicted molar refractivity (Wildman–Crippen MR) is 108 cm³/mol. The fraction of sp³-hybridized carbons (Fsp3) is 0.400. The highest BCUT2D eigenvalue weighted by Crippen LogP contribution is 2.21. The summed E-state index contributed by atoms with van der Waals surface area (Å²) >= 11 is 0. The van der Waals surface area contributed by atoms with Gasteiger partial charge in [-0.05, 0) is 41.3 Å². The van der Waals surface area contributed by atoms with Gasteiger partial charge in [0.05, 0.1) is 4.90 Å². The maximum Gasteiger partial charge on any atom is 0.243 e. The Kier molecular flexibility index (Phi) is 7.40. The Hall–Kier alpha value is -1.47. The van der Waals surface area contributed by atoms with Gasteiger partial charge >= 0.3 is 0 Å². The molecule has 1 heterocycles. The first kappa shape index (κ1) is 21.8. The standard InChI is InChI=1S/C20H25FN2O2S.ClH/c1-16(2)18-6-8-20(9-7-18)26(24,25)23-12-10-22(11-13-23)15-17-4-3-5-19(21)14-17;/h3-9,14,16H,10-13,15H2,1-2H3;1H. The number of hydrogen-bond acceptors (Lipinski definition) is 3. The minimum atomic E-state index is -3.46. The summed E-state index contributed by atoms with van der Waals surface area (Å²) in [6.07, 6.45) is 0. The van der Waals surface area contributed by atoms with E-state index in [4.69, 9.17) is 0 Å². The summed E-state index contributed by atoms with van der Waals surface area (Å²) in [5, 5.41) is 0. The number of nitrogens with zero attached hydrogens (tertiary/aromatic N) is 2. The van der Waals surface area contributed by atoms with E-state index in [1.807, 2.05) is 18.2 Å². The van der Waals surface area contributed by atoms with Crippen LogP contribution in [0.2, 0.25) is 0 Å². The summed E-state index contributed by atoms with van der Waals surface area (Å²) in [7, 11) is -3.46. The molecule has 1 saturated heterocycles. The highest BCUT2D eigenvalue weighted by molar-refractivity contribution is 7.89. The van der Waals surface area contributed by atoms with Crippen molar-refractivity contribution in [3.05, 3.63) is 65.5 Å². The zero-order chi connectivity index (χ0) is 18.7. The highest BCUT2D eigenvalue weighted by atomic mass is 35.5. The lowest BCUT2D eigenvalue weighted by atomic mass is 10.0. The number of rotatable bonds is 5. The fourth-order valence-electron chi connectivity index (χ4n) is 3.20. The molecule has 0 aromatic heterocycles. The zero-order valence-corrected chi connectivity index (χ0v) is 17.3. The lowest BCUT2D eigenvalue weighted by Crippen LogP contribution is -2.48. The van der Waals surface area contributed by atoms with Crippen LogP contribution in [0.15, 0.2) is 53.4 Å². The van der Waals surface area contributed by atoms with Crippen molar-refractivity contribution in [3.63, 3.8) is 0 Å². The average Bonchev–Trinajstić information content (AvgIpc) is 2.62. The SMILES string of the molecule is CC(C)c1ccc(S(=O)(=O)N2CCN(Cc3cccc(F)c3)CC2)cc1.Cl. The molecule has 0 saturated carbocycles. The largest absolute Gasteiger partial charge is 0.296 e. The molecule has 3 rings (SSSR count). The first-order valence-corrected chi connectivity index (χ1v) is 10.4. The minimum Gasteiger partial charge on any atom is -0.296 e. The second-order valence-corrected chi connectivity index (χ2v) is 8.97. The van der Waals surface area contributed by atoms with Crippen molar-refractivity contribution < 1.29 is 12.8 Å². The van der Waals surface area contributed by atoms with Crippen molar-refractivity contribution in [2.24, 2.45) is 0 Å². The monoisotopic (exact) mass is 412 g/mol. The van der Waals surface area contributed by atoms with E-state index in [2.05, 4.69) is 18.7 Å². The van der Waals surface area contributed by atoms with Gasteiger partial charge in [-0.2, -0.15) is 4.31 Å². The molecule has 1 aliphatic rings. The molecule has 4 nitrogen and oxygen atoms in total. The highest BCUT2D eigenvalue weighted by Gasteiger charge is 2.28. The molecule has 0 aliphatic carbocycles. The Bertz CT molecular complexity index is 849. The number of sulfonamides is 1. The van der Waals surface area contributed by atoms with Gasteiger partial charge in [0.1, 0.15) is 5.82 Å². The van der Waals surface area contributed by atoms with Crippen molar-refractivity contribution in [2.75, 3.05) is 26.2 Å². The molecular formula is C20H26ClFN2O2S. The van der Waals surface area contributed by atoms with Gasteiger partial charge in [-0.15, -0.1) is 12.4 Å². The first-order chi connectivity index (χ1) is 12.4. The van der Waals surface area contributed by atoms with Crippen molar-refractivity contribution in [1.29, 1.82) is 0 Å². The minimum absolute atomic E-state index is 0. The number of benzene rings is 2. The summed E-state index contributed by atoms with van der Waals surface area (Å²) in [6.45, 7) is 6.98. The van der Waals surface area contributed by atoms with Crippen LogP contribution in [0.1, 0.15) is 30.9 Å². The lowest BCUT2D eigenvalue weighted by Gasteiger charge is -2.34. The second-order valence-electron chi connectivity index (χ2n) is 7.03. The summed E-state index contributed by atoms with van der Waals surface area (Å²) in [4.78, 5) is 2.50. The van der Waals surface area contributed by atoms with E-state index in [1.165, 1.54) is 12.1 Å². The van der Waals surface area contributed by atoms with E-state index in [0.717, 1.165) is 11.1 Å². The predicted octanol–water partition coefficient (Wildman–Crippen LogP) is 3.88. The van der Waals surface area contributed by atoms with Gasteiger partial charge in [0, 0.05) is 32.7 Å². The summed E-state index contributed by atoms with van der Waals surface area (Å²) < 4.78 is 40.5. The van der Waals surface area contributed by atoms with Crippen LogP contribution in [-0.4, -0.2) is 43.8 Å².